The first-order chi connectivity index (χ1) is 13.2. The summed E-state index contributed by atoms with van der Waals surface area (Å²) >= 11 is 1.81. The molecule has 1 aliphatic rings. The Kier molecular flexibility index (Phi) is 7.09. The normalized spacial score (nSPS) is 15.4. The van der Waals surface area contributed by atoms with Crippen LogP contribution in [0.3, 0.4) is 0 Å². The van der Waals surface area contributed by atoms with E-state index in [9.17, 15) is 4.79 Å². The van der Waals surface area contributed by atoms with Crippen LogP contribution in [0.25, 0.3) is 0 Å². The molecule has 0 aliphatic carbocycles. The van der Waals surface area contributed by atoms with E-state index >= 15 is 0 Å². The van der Waals surface area contributed by atoms with Crippen molar-refractivity contribution in [3.8, 4) is 0 Å². The lowest BCUT2D eigenvalue weighted by molar-refractivity contribution is 0.508. The topological polar surface area (TPSA) is 76.2 Å². The predicted molar refractivity (Wildman–Crippen MR) is 111 cm³/mol. The molecule has 1 aliphatic heterocycles. The molecule has 0 fully saturated rings. The second kappa shape index (κ2) is 9.73. The Bertz CT molecular complexity index is 792. The third-order valence-corrected chi connectivity index (χ3v) is 5.74. The molecule has 0 spiro atoms. The smallest absolute Gasteiger partial charge is 0.345 e. The van der Waals surface area contributed by atoms with Crippen LogP contribution in [0.1, 0.15) is 36.9 Å². The Morgan fingerprint density at radius 1 is 1.41 bits per heavy atom. The molecular weight excluding hydrogens is 360 g/mol. The summed E-state index contributed by atoms with van der Waals surface area (Å²) < 4.78 is 3.44. The zero-order valence-electron chi connectivity index (χ0n) is 16.3. The summed E-state index contributed by atoms with van der Waals surface area (Å²) in [5, 5.41) is 13.3. The molecule has 8 heteroatoms. The van der Waals surface area contributed by atoms with E-state index in [0.717, 1.165) is 63.5 Å². The van der Waals surface area contributed by atoms with Crippen LogP contribution in [0.4, 0.5) is 0 Å². The number of aliphatic imine (C=N–C) groups is 1. The van der Waals surface area contributed by atoms with Gasteiger partial charge >= 0.3 is 5.69 Å². The van der Waals surface area contributed by atoms with Gasteiger partial charge in [0.15, 0.2) is 5.96 Å². The van der Waals surface area contributed by atoms with Crippen molar-refractivity contribution in [2.45, 2.75) is 52.1 Å². The van der Waals surface area contributed by atoms with Gasteiger partial charge in [0.2, 0.25) is 0 Å². The predicted octanol–water partition coefficient (Wildman–Crippen LogP) is 1.88. The van der Waals surface area contributed by atoms with Gasteiger partial charge in [-0.05, 0) is 43.0 Å². The van der Waals surface area contributed by atoms with E-state index < -0.39 is 0 Å². The Labute approximate surface area is 164 Å². The monoisotopic (exact) mass is 390 g/mol. The highest BCUT2D eigenvalue weighted by Gasteiger charge is 2.16. The maximum Gasteiger partial charge on any atom is 0.345 e. The fourth-order valence-corrected chi connectivity index (χ4v) is 4.24. The third-order valence-electron chi connectivity index (χ3n) is 4.84. The van der Waals surface area contributed by atoms with Gasteiger partial charge < -0.3 is 10.6 Å². The Morgan fingerprint density at radius 3 is 3.04 bits per heavy atom. The summed E-state index contributed by atoms with van der Waals surface area (Å²) in [4.78, 5) is 18.0. The number of nitrogens with zero attached hydrogens (tertiary/aromatic N) is 4. The molecule has 0 saturated heterocycles. The molecule has 0 saturated carbocycles. The standard InChI is InChI=1S/C19H30N6OS/c1-15(13-16-7-5-12-27-16)14-22-18(20-2)21-9-6-11-25-19(26)24-10-4-3-8-17(24)23-25/h5,7,12,15H,3-4,6,8-11,13-14H2,1-2H3,(H2,20,21,22). The molecule has 1 atom stereocenters. The second-order valence-electron chi connectivity index (χ2n) is 7.15. The van der Waals surface area contributed by atoms with Gasteiger partial charge in [0, 0.05) is 44.5 Å². The van der Waals surface area contributed by atoms with Gasteiger partial charge in [0.1, 0.15) is 5.82 Å². The number of hydrogen-bond acceptors (Lipinski definition) is 4. The van der Waals surface area contributed by atoms with Gasteiger partial charge in [-0.3, -0.25) is 9.56 Å². The van der Waals surface area contributed by atoms with E-state index in [-0.39, 0.29) is 5.69 Å². The third kappa shape index (κ3) is 5.45. The Balaban J connectivity index is 1.37. The number of aromatic nitrogens is 3. The lowest BCUT2D eigenvalue weighted by atomic mass is 10.1. The van der Waals surface area contributed by atoms with Crippen LogP contribution in [0, 0.1) is 5.92 Å². The van der Waals surface area contributed by atoms with E-state index in [0.29, 0.717) is 12.5 Å². The van der Waals surface area contributed by atoms with Crippen molar-refractivity contribution in [1.29, 1.82) is 0 Å². The van der Waals surface area contributed by atoms with Crippen LogP contribution < -0.4 is 16.3 Å². The van der Waals surface area contributed by atoms with Crippen molar-refractivity contribution in [3.63, 3.8) is 0 Å². The van der Waals surface area contributed by atoms with Crippen LogP contribution in [0.2, 0.25) is 0 Å². The number of hydrogen-bond donors (Lipinski definition) is 2. The molecule has 2 aromatic rings. The van der Waals surface area contributed by atoms with E-state index in [1.165, 1.54) is 4.88 Å². The van der Waals surface area contributed by atoms with Gasteiger partial charge in [-0.2, -0.15) is 5.10 Å². The van der Waals surface area contributed by atoms with Crippen LogP contribution >= 0.6 is 11.3 Å². The van der Waals surface area contributed by atoms with Crippen LogP contribution in [-0.4, -0.2) is 40.4 Å². The SMILES string of the molecule is CN=C(NCCCn1nc2n(c1=O)CCCC2)NCC(C)Cc1cccs1. The van der Waals surface area contributed by atoms with E-state index in [4.69, 9.17) is 0 Å². The molecule has 2 N–H and O–H groups in total. The Hall–Kier alpha value is -2.09. The number of guanidine groups is 1. The Morgan fingerprint density at radius 2 is 2.30 bits per heavy atom. The molecule has 0 bridgehead atoms. The largest absolute Gasteiger partial charge is 0.356 e. The van der Waals surface area contributed by atoms with Crippen LogP contribution in [-0.2, 0) is 25.9 Å². The summed E-state index contributed by atoms with van der Waals surface area (Å²) in [6.45, 7) is 5.33. The van der Waals surface area contributed by atoms with Gasteiger partial charge in [0.25, 0.3) is 0 Å². The first-order valence-electron chi connectivity index (χ1n) is 9.81. The molecule has 3 heterocycles. The molecule has 1 unspecified atom stereocenters. The average molecular weight is 391 g/mol. The van der Waals surface area contributed by atoms with E-state index in [1.807, 2.05) is 15.9 Å². The van der Waals surface area contributed by atoms with Crippen molar-refractivity contribution in [2.24, 2.45) is 10.9 Å². The van der Waals surface area contributed by atoms with Crippen molar-refractivity contribution < 1.29 is 0 Å². The molecule has 0 amide bonds. The molecule has 2 aromatic heterocycles. The summed E-state index contributed by atoms with van der Waals surface area (Å²) in [6.07, 6.45) is 5.04. The lowest BCUT2D eigenvalue weighted by Gasteiger charge is -2.15. The summed E-state index contributed by atoms with van der Waals surface area (Å²) in [6, 6.07) is 4.28. The minimum atomic E-state index is 0.0367. The molecule has 0 radical (unpaired) electrons. The lowest BCUT2D eigenvalue weighted by Crippen LogP contribution is -2.40. The van der Waals surface area contributed by atoms with Crippen molar-refractivity contribution in [2.75, 3.05) is 20.1 Å². The zero-order chi connectivity index (χ0) is 19.1. The molecule has 7 nitrogen and oxygen atoms in total. The maximum absolute atomic E-state index is 12.3. The fourth-order valence-electron chi connectivity index (χ4n) is 3.37. The van der Waals surface area contributed by atoms with Gasteiger partial charge in [0.05, 0.1) is 0 Å². The summed E-state index contributed by atoms with van der Waals surface area (Å²) in [5.74, 6) is 2.29. The van der Waals surface area contributed by atoms with Gasteiger partial charge in [-0.1, -0.05) is 13.0 Å². The van der Waals surface area contributed by atoms with Crippen LogP contribution in [0.15, 0.2) is 27.3 Å². The average Bonchev–Trinajstić information content (AvgIpc) is 3.29. The van der Waals surface area contributed by atoms with E-state index in [2.05, 4.69) is 45.2 Å². The highest BCUT2D eigenvalue weighted by atomic mass is 32.1. The summed E-state index contributed by atoms with van der Waals surface area (Å²) in [5.41, 5.74) is 0.0367. The molecule has 0 aromatic carbocycles. The summed E-state index contributed by atoms with van der Waals surface area (Å²) in [7, 11) is 1.78. The minimum absolute atomic E-state index is 0.0367. The van der Waals surface area contributed by atoms with Crippen molar-refractivity contribution >= 4 is 17.3 Å². The molecule has 148 valence electrons. The van der Waals surface area contributed by atoms with Gasteiger partial charge in [-0.15, -0.1) is 11.3 Å². The second-order valence-corrected chi connectivity index (χ2v) is 8.19. The van der Waals surface area contributed by atoms with Crippen LogP contribution in [0.5, 0.6) is 0 Å². The first-order valence-corrected chi connectivity index (χ1v) is 10.7. The number of thiophene rings is 1. The molecule has 27 heavy (non-hydrogen) atoms. The first kappa shape index (κ1) is 19.7. The highest BCUT2D eigenvalue weighted by molar-refractivity contribution is 7.09. The van der Waals surface area contributed by atoms with Crippen molar-refractivity contribution in [1.82, 2.24) is 25.0 Å². The number of rotatable bonds is 8. The number of aryl methyl sites for hydroxylation is 2. The molecular formula is C19H30N6OS. The number of nitrogens with one attached hydrogen (secondary N) is 2. The fraction of sp³-hybridized carbons (Fsp3) is 0.632. The maximum atomic E-state index is 12.3. The van der Waals surface area contributed by atoms with E-state index in [1.54, 1.807) is 11.7 Å². The van der Waals surface area contributed by atoms with Gasteiger partial charge in [-0.25, -0.2) is 9.48 Å². The number of fused-ring (bicyclic) bond motifs is 1. The quantitative estimate of drug-likeness (QED) is 0.410. The zero-order valence-corrected chi connectivity index (χ0v) is 17.1. The van der Waals surface area contributed by atoms with Crippen molar-refractivity contribution in [3.05, 3.63) is 38.7 Å². The minimum Gasteiger partial charge on any atom is -0.356 e. The molecule has 3 rings (SSSR count). The highest BCUT2D eigenvalue weighted by Crippen LogP contribution is 2.13.